The molecule has 44 heavy (non-hydrogen) atoms. The smallest absolute Gasteiger partial charge is 0.111 e. The zero-order valence-electron chi connectivity index (χ0n) is 28.1. The maximum Gasteiger partial charge on any atom is 0.111 e. The van der Waals surface area contributed by atoms with E-state index in [0.717, 1.165) is 80.4 Å². The summed E-state index contributed by atoms with van der Waals surface area (Å²) in [6.07, 6.45) is 8.09. The standard InChI is InChI=1S/C38H59ClO5/c1-6-11-21-41-27-32-35(40)34(30-19-20-33(39)31(26-30)25-29-17-15-28(10-5)16-18-29)37(43-23-13-8-3)38(44-24-14-9-4)36(32)42-22-12-7-2/h15-20,26,32,34-38,40H,6-14,21-25,27H2,1-5H3/t32?,34-,35+,36-,37+,38+/m1/s1. The number of rotatable bonds is 21. The highest BCUT2D eigenvalue weighted by molar-refractivity contribution is 6.31. The predicted octanol–water partition coefficient (Wildman–Crippen LogP) is 8.94. The van der Waals surface area contributed by atoms with Gasteiger partial charge >= 0.3 is 0 Å². The minimum atomic E-state index is -0.723. The molecule has 5 nitrogen and oxygen atoms in total. The molecule has 0 spiro atoms. The van der Waals surface area contributed by atoms with E-state index in [1.165, 1.54) is 11.1 Å². The van der Waals surface area contributed by atoms with Gasteiger partial charge in [0.1, 0.15) is 6.10 Å². The highest BCUT2D eigenvalue weighted by Crippen LogP contribution is 2.43. The third-order valence-electron chi connectivity index (χ3n) is 8.89. The minimum absolute atomic E-state index is 0.243. The summed E-state index contributed by atoms with van der Waals surface area (Å²) in [6.45, 7) is 13.8. The maximum atomic E-state index is 12.3. The van der Waals surface area contributed by atoms with Crippen LogP contribution in [0.4, 0.5) is 0 Å². The van der Waals surface area contributed by atoms with Gasteiger partial charge in [-0.3, -0.25) is 0 Å². The summed E-state index contributed by atoms with van der Waals surface area (Å²) in [5.41, 5.74) is 4.61. The van der Waals surface area contributed by atoms with Crippen LogP contribution in [0.3, 0.4) is 0 Å². The Hall–Kier alpha value is -1.47. The van der Waals surface area contributed by atoms with Crippen LogP contribution < -0.4 is 0 Å². The van der Waals surface area contributed by atoms with Crippen LogP contribution in [-0.4, -0.2) is 62.6 Å². The number of aryl methyl sites for hydroxylation is 1. The maximum absolute atomic E-state index is 12.3. The molecular formula is C38H59ClO5. The molecule has 1 N–H and O–H groups in total. The van der Waals surface area contributed by atoms with E-state index in [1.807, 2.05) is 6.07 Å². The van der Waals surface area contributed by atoms with Crippen LogP contribution in [0.1, 0.15) is 114 Å². The Bertz CT molecular complexity index is 1040. The number of benzene rings is 2. The van der Waals surface area contributed by atoms with E-state index in [-0.39, 0.29) is 30.1 Å². The molecule has 1 aliphatic carbocycles. The van der Waals surface area contributed by atoms with Crippen LogP contribution >= 0.6 is 11.6 Å². The summed E-state index contributed by atoms with van der Waals surface area (Å²) in [6, 6.07) is 15.0. The molecule has 6 atom stereocenters. The van der Waals surface area contributed by atoms with Crippen LogP contribution in [0.2, 0.25) is 5.02 Å². The lowest BCUT2D eigenvalue weighted by Gasteiger charge is -2.49. The zero-order chi connectivity index (χ0) is 31.7. The van der Waals surface area contributed by atoms with Crippen LogP contribution in [0.25, 0.3) is 0 Å². The molecule has 1 aliphatic rings. The molecule has 0 aliphatic heterocycles. The van der Waals surface area contributed by atoms with Crippen molar-refractivity contribution in [3.63, 3.8) is 0 Å². The van der Waals surface area contributed by atoms with Crippen molar-refractivity contribution in [3.8, 4) is 0 Å². The lowest BCUT2D eigenvalue weighted by Crippen LogP contribution is -2.61. The van der Waals surface area contributed by atoms with Crippen molar-refractivity contribution >= 4 is 11.6 Å². The molecule has 0 saturated heterocycles. The Morgan fingerprint density at radius 3 is 1.80 bits per heavy atom. The number of aliphatic hydroxyl groups excluding tert-OH is 1. The van der Waals surface area contributed by atoms with Crippen molar-refractivity contribution in [1.29, 1.82) is 0 Å². The third-order valence-corrected chi connectivity index (χ3v) is 9.26. The Morgan fingerprint density at radius 2 is 1.20 bits per heavy atom. The summed E-state index contributed by atoms with van der Waals surface area (Å²) in [5.74, 6) is -0.546. The average Bonchev–Trinajstić information content (AvgIpc) is 3.03. The number of hydrogen-bond acceptors (Lipinski definition) is 5. The van der Waals surface area contributed by atoms with Crippen molar-refractivity contribution in [2.24, 2.45) is 5.92 Å². The summed E-state index contributed by atoms with van der Waals surface area (Å²) in [5, 5.41) is 13.0. The van der Waals surface area contributed by atoms with Gasteiger partial charge in [-0.25, -0.2) is 0 Å². The monoisotopic (exact) mass is 630 g/mol. The molecule has 0 radical (unpaired) electrons. The van der Waals surface area contributed by atoms with Gasteiger partial charge in [0.2, 0.25) is 0 Å². The molecule has 0 heterocycles. The van der Waals surface area contributed by atoms with Crippen LogP contribution in [0, 0.1) is 5.92 Å². The Morgan fingerprint density at radius 1 is 0.659 bits per heavy atom. The Labute approximate surface area is 273 Å². The van der Waals surface area contributed by atoms with Gasteiger partial charge in [-0.15, -0.1) is 0 Å². The van der Waals surface area contributed by atoms with E-state index in [2.05, 4.69) is 71.0 Å². The number of halogens is 1. The first-order valence-corrected chi connectivity index (χ1v) is 17.8. The predicted molar refractivity (Wildman–Crippen MR) is 182 cm³/mol. The van der Waals surface area contributed by atoms with Crippen LogP contribution in [0.15, 0.2) is 42.5 Å². The first-order valence-electron chi connectivity index (χ1n) is 17.5. The van der Waals surface area contributed by atoms with E-state index in [1.54, 1.807) is 0 Å². The van der Waals surface area contributed by atoms with E-state index in [9.17, 15) is 5.11 Å². The summed E-state index contributed by atoms with van der Waals surface area (Å²) in [7, 11) is 0. The summed E-state index contributed by atoms with van der Waals surface area (Å²) in [4.78, 5) is 0. The van der Waals surface area contributed by atoms with E-state index < -0.39 is 6.10 Å². The third kappa shape index (κ3) is 10.8. The second kappa shape index (κ2) is 20.6. The molecule has 1 unspecified atom stereocenters. The fraction of sp³-hybridized carbons (Fsp3) is 0.684. The van der Waals surface area contributed by atoms with Gasteiger partial charge in [-0.2, -0.15) is 0 Å². The topological polar surface area (TPSA) is 57.2 Å². The second-order valence-corrected chi connectivity index (χ2v) is 12.8. The Kier molecular flexibility index (Phi) is 17.3. The summed E-state index contributed by atoms with van der Waals surface area (Å²) >= 11 is 6.79. The number of unbranched alkanes of at least 4 members (excludes halogenated alkanes) is 4. The van der Waals surface area contributed by atoms with E-state index >= 15 is 0 Å². The van der Waals surface area contributed by atoms with Gasteiger partial charge in [-0.05, 0) is 66.8 Å². The number of ether oxygens (including phenoxy) is 4. The molecule has 248 valence electrons. The van der Waals surface area contributed by atoms with Gasteiger partial charge in [0, 0.05) is 43.3 Å². The number of hydrogen-bond donors (Lipinski definition) is 1. The first-order chi connectivity index (χ1) is 21.5. The lowest BCUT2D eigenvalue weighted by atomic mass is 9.70. The minimum Gasteiger partial charge on any atom is -0.392 e. The second-order valence-electron chi connectivity index (χ2n) is 12.4. The van der Waals surface area contributed by atoms with Crippen molar-refractivity contribution in [2.45, 2.75) is 129 Å². The Balaban J connectivity index is 2.03. The molecule has 0 aromatic heterocycles. The SMILES string of the molecule is CCCCOCC1[C@@H](OCCCC)[C@H](OCCCC)[C@@H](OCCCC)[C@H](c2ccc(Cl)c(Cc3ccc(CC)cc3)c2)[C@H]1O. The molecule has 2 aromatic rings. The number of aliphatic hydroxyl groups is 1. The molecular weight excluding hydrogens is 572 g/mol. The fourth-order valence-electron chi connectivity index (χ4n) is 6.08. The van der Waals surface area contributed by atoms with Gasteiger partial charge in [-0.1, -0.05) is 108 Å². The van der Waals surface area contributed by atoms with Crippen molar-refractivity contribution in [1.82, 2.24) is 0 Å². The lowest BCUT2D eigenvalue weighted by molar-refractivity contribution is -0.219. The average molecular weight is 631 g/mol. The molecule has 0 amide bonds. The fourth-order valence-corrected chi connectivity index (χ4v) is 6.27. The largest absolute Gasteiger partial charge is 0.392 e. The van der Waals surface area contributed by atoms with E-state index in [0.29, 0.717) is 33.0 Å². The van der Waals surface area contributed by atoms with Crippen LogP contribution in [0.5, 0.6) is 0 Å². The van der Waals surface area contributed by atoms with Gasteiger partial charge < -0.3 is 24.1 Å². The first kappa shape index (κ1) is 37.0. The normalized spacial score (nSPS) is 23.7. The molecule has 1 fully saturated rings. The molecule has 0 bridgehead atoms. The van der Waals surface area contributed by atoms with Crippen molar-refractivity contribution < 1.29 is 24.1 Å². The summed E-state index contributed by atoms with van der Waals surface area (Å²) < 4.78 is 26.2. The quantitative estimate of drug-likeness (QED) is 0.140. The van der Waals surface area contributed by atoms with Crippen molar-refractivity contribution in [2.75, 3.05) is 33.0 Å². The molecule has 6 heteroatoms. The highest BCUT2D eigenvalue weighted by atomic mass is 35.5. The van der Waals surface area contributed by atoms with Crippen molar-refractivity contribution in [3.05, 3.63) is 69.7 Å². The zero-order valence-corrected chi connectivity index (χ0v) is 28.8. The molecule has 3 rings (SSSR count). The van der Waals surface area contributed by atoms with Gasteiger partial charge in [0.05, 0.1) is 24.9 Å². The molecule has 1 saturated carbocycles. The van der Waals surface area contributed by atoms with Gasteiger partial charge in [0.15, 0.2) is 0 Å². The molecule has 2 aromatic carbocycles. The van der Waals surface area contributed by atoms with Gasteiger partial charge in [0.25, 0.3) is 0 Å². The van der Waals surface area contributed by atoms with E-state index in [4.69, 9.17) is 30.5 Å². The van der Waals surface area contributed by atoms with Crippen LogP contribution in [-0.2, 0) is 31.8 Å². The highest BCUT2D eigenvalue weighted by Gasteiger charge is 2.52.